The number of amides is 2. The Hall–Kier alpha value is -2.34. The Morgan fingerprint density at radius 3 is 2.70 bits per heavy atom. The fourth-order valence-corrected chi connectivity index (χ4v) is 5.31. The fraction of sp³-hybridized carbons (Fsp3) is 0.583. The summed E-state index contributed by atoms with van der Waals surface area (Å²) in [5, 5.41) is 4.24. The number of carbonyl (C=O) groups excluding carboxylic acids is 2. The predicted molar refractivity (Wildman–Crippen MR) is 115 cm³/mol. The predicted octanol–water partition coefficient (Wildman–Crippen LogP) is 2.88. The Bertz CT molecular complexity index is 935. The van der Waals surface area contributed by atoms with Crippen molar-refractivity contribution in [2.45, 2.75) is 51.2 Å². The number of H-pyrrole nitrogens is 1. The van der Waals surface area contributed by atoms with Crippen LogP contribution < -0.4 is 5.32 Å². The van der Waals surface area contributed by atoms with Gasteiger partial charge in [0.15, 0.2) is 0 Å². The Balaban J connectivity index is 1.24. The first-order valence-electron chi connectivity index (χ1n) is 11.3. The smallest absolute Gasteiger partial charge is 0.227 e. The lowest BCUT2D eigenvalue weighted by molar-refractivity contribution is -0.129. The molecule has 0 bridgehead atoms. The van der Waals surface area contributed by atoms with Gasteiger partial charge in [0.1, 0.15) is 0 Å². The summed E-state index contributed by atoms with van der Waals surface area (Å²) in [6.07, 6.45) is 6.81. The van der Waals surface area contributed by atoms with Crippen molar-refractivity contribution in [3.8, 4) is 0 Å². The summed E-state index contributed by atoms with van der Waals surface area (Å²) in [5.74, 6) is 1.81. The number of hydrogen-bond acceptors (Lipinski definition) is 3. The van der Waals surface area contributed by atoms with Gasteiger partial charge in [0, 0.05) is 43.7 Å². The average molecular weight is 410 g/mol. The second-order valence-electron chi connectivity index (χ2n) is 9.45. The van der Waals surface area contributed by atoms with Crippen molar-refractivity contribution in [1.29, 1.82) is 0 Å². The van der Waals surface area contributed by atoms with Crippen LogP contribution >= 0.6 is 0 Å². The number of aromatic nitrogens is 1. The standard InChI is InChI=1S/C24H31N3O3/c1-15(28)26-22-8-18-12-27(13-19(18)9-23(22)30-14-16-6-7-16)24(29)10-17-11-25-21-5-3-2-4-20(17)21/h2-5,11,16,18-19,22-23,25H,6-10,12-14H2,1H3,(H,26,28)/t18-,19+,22-,23-/m1/s1. The highest BCUT2D eigenvalue weighted by Crippen LogP contribution is 2.39. The molecule has 2 aliphatic carbocycles. The molecule has 0 radical (unpaired) electrons. The van der Waals surface area contributed by atoms with E-state index in [4.69, 9.17) is 4.74 Å². The molecule has 1 aromatic heterocycles. The molecule has 4 atom stereocenters. The van der Waals surface area contributed by atoms with E-state index >= 15 is 0 Å². The van der Waals surface area contributed by atoms with Crippen molar-refractivity contribution in [2.24, 2.45) is 17.8 Å². The van der Waals surface area contributed by atoms with Gasteiger partial charge in [-0.15, -0.1) is 0 Å². The molecule has 6 heteroatoms. The maximum absolute atomic E-state index is 13.1. The van der Waals surface area contributed by atoms with Crippen LogP contribution in [-0.2, 0) is 20.7 Å². The normalized spacial score (nSPS) is 28.5. The van der Waals surface area contributed by atoms with Crippen molar-refractivity contribution in [3.05, 3.63) is 36.0 Å². The number of para-hydroxylation sites is 1. The minimum atomic E-state index is 0.00346. The largest absolute Gasteiger partial charge is 0.376 e. The molecular formula is C24H31N3O3. The summed E-state index contributed by atoms with van der Waals surface area (Å²) in [4.78, 5) is 30.1. The molecule has 160 valence electrons. The zero-order valence-electron chi connectivity index (χ0n) is 17.6. The van der Waals surface area contributed by atoms with E-state index in [9.17, 15) is 9.59 Å². The van der Waals surface area contributed by atoms with E-state index in [2.05, 4.69) is 16.4 Å². The molecule has 0 spiro atoms. The maximum Gasteiger partial charge on any atom is 0.227 e. The van der Waals surface area contributed by atoms with Crippen LogP contribution in [0, 0.1) is 17.8 Å². The molecule has 30 heavy (non-hydrogen) atoms. The third-order valence-corrected chi connectivity index (χ3v) is 7.12. The van der Waals surface area contributed by atoms with Gasteiger partial charge in [-0.2, -0.15) is 0 Å². The maximum atomic E-state index is 13.1. The van der Waals surface area contributed by atoms with E-state index in [1.54, 1.807) is 6.92 Å². The van der Waals surface area contributed by atoms with E-state index in [1.807, 2.05) is 29.3 Å². The number of carbonyl (C=O) groups is 2. The SMILES string of the molecule is CC(=O)N[C@@H]1C[C@@H]2CN(C(=O)Cc3c[nH]c4ccccc34)C[C@@H]2C[C@H]1OCC1CC1. The molecule has 2 N–H and O–H groups in total. The van der Waals surface area contributed by atoms with E-state index in [1.165, 1.54) is 12.8 Å². The van der Waals surface area contributed by atoms with Gasteiger partial charge in [0.2, 0.25) is 11.8 Å². The van der Waals surface area contributed by atoms with Gasteiger partial charge in [-0.1, -0.05) is 18.2 Å². The zero-order valence-corrected chi connectivity index (χ0v) is 17.6. The van der Waals surface area contributed by atoms with E-state index in [0.717, 1.165) is 49.0 Å². The number of fused-ring (bicyclic) bond motifs is 2. The summed E-state index contributed by atoms with van der Waals surface area (Å²) in [6, 6.07) is 8.18. The molecule has 1 saturated heterocycles. The number of nitrogens with zero attached hydrogens (tertiary/aromatic N) is 1. The Kier molecular flexibility index (Phi) is 5.27. The van der Waals surface area contributed by atoms with E-state index < -0.39 is 0 Å². The highest BCUT2D eigenvalue weighted by Gasteiger charge is 2.44. The van der Waals surface area contributed by atoms with Crippen LogP contribution in [0.15, 0.2) is 30.5 Å². The van der Waals surface area contributed by atoms with Gasteiger partial charge < -0.3 is 19.9 Å². The van der Waals surface area contributed by atoms with Crippen molar-refractivity contribution in [3.63, 3.8) is 0 Å². The van der Waals surface area contributed by atoms with Crippen LogP contribution in [0.3, 0.4) is 0 Å². The van der Waals surface area contributed by atoms with Gasteiger partial charge in [-0.05, 0) is 55.1 Å². The van der Waals surface area contributed by atoms with Crippen LogP contribution in [0.2, 0.25) is 0 Å². The Morgan fingerprint density at radius 2 is 1.93 bits per heavy atom. The minimum Gasteiger partial charge on any atom is -0.376 e. The summed E-state index contributed by atoms with van der Waals surface area (Å²) < 4.78 is 6.24. The molecule has 2 heterocycles. The highest BCUT2D eigenvalue weighted by atomic mass is 16.5. The topological polar surface area (TPSA) is 74.4 Å². The number of likely N-dealkylation sites (tertiary alicyclic amines) is 1. The number of benzene rings is 1. The molecule has 3 fully saturated rings. The zero-order chi connectivity index (χ0) is 20.7. The number of ether oxygens (including phenoxy) is 1. The lowest BCUT2D eigenvalue weighted by atomic mass is 9.77. The lowest BCUT2D eigenvalue weighted by Gasteiger charge is -2.38. The molecule has 1 aliphatic heterocycles. The monoisotopic (exact) mass is 409 g/mol. The molecule has 2 amide bonds. The van der Waals surface area contributed by atoms with Gasteiger partial charge >= 0.3 is 0 Å². The summed E-state index contributed by atoms with van der Waals surface area (Å²) in [6.45, 7) is 3.98. The highest BCUT2D eigenvalue weighted by molar-refractivity contribution is 5.89. The van der Waals surface area contributed by atoms with Crippen LogP contribution in [0.25, 0.3) is 10.9 Å². The summed E-state index contributed by atoms with van der Waals surface area (Å²) >= 11 is 0. The molecule has 2 aromatic rings. The number of rotatable bonds is 6. The van der Waals surface area contributed by atoms with Gasteiger partial charge in [-0.3, -0.25) is 9.59 Å². The van der Waals surface area contributed by atoms with Crippen LogP contribution in [-0.4, -0.2) is 53.5 Å². The van der Waals surface area contributed by atoms with Gasteiger partial charge in [0.25, 0.3) is 0 Å². The second-order valence-corrected chi connectivity index (χ2v) is 9.45. The fourth-order valence-electron chi connectivity index (χ4n) is 5.31. The summed E-state index contributed by atoms with van der Waals surface area (Å²) in [7, 11) is 0. The van der Waals surface area contributed by atoms with Crippen molar-refractivity contribution in [2.75, 3.05) is 19.7 Å². The minimum absolute atomic E-state index is 0.00346. The van der Waals surface area contributed by atoms with E-state index in [0.29, 0.717) is 24.2 Å². The number of aromatic amines is 1. The van der Waals surface area contributed by atoms with Crippen molar-refractivity contribution in [1.82, 2.24) is 15.2 Å². The van der Waals surface area contributed by atoms with Crippen LogP contribution in [0.1, 0.15) is 38.2 Å². The first-order valence-corrected chi connectivity index (χ1v) is 11.3. The molecule has 5 rings (SSSR count). The molecule has 2 saturated carbocycles. The van der Waals surface area contributed by atoms with Crippen molar-refractivity contribution >= 4 is 22.7 Å². The Labute approximate surface area is 177 Å². The first-order chi connectivity index (χ1) is 14.6. The molecule has 6 nitrogen and oxygen atoms in total. The molecular weight excluding hydrogens is 378 g/mol. The van der Waals surface area contributed by atoms with Crippen molar-refractivity contribution < 1.29 is 14.3 Å². The second kappa shape index (κ2) is 8.06. The lowest BCUT2D eigenvalue weighted by Crippen LogP contribution is -2.50. The van der Waals surface area contributed by atoms with Gasteiger partial charge in [-0.25, -0.2) is 0 Å². The van der Waals surface area contributed by atoms with Crippen LogP contribution in [0.5, 0.6) is 0 Å². The first kappa shape index (κ1) is 19.6. The molecule has 0 unspecified atom stereocenters. The van der Waals surface area contributed by atoms with Crippen LogP contribution in [0.4, 0.5) is 0 Å². The quantitative estimate of drug-likeness (QED) is 0.770. The number of hydrogen-bond donors (Lipinski definition) is 2. The average Bonchev–Trinajstić information content (AvgIpc) is 3.33. The van der Waals surface area contributed by atoms with E-state index in [-0.39, 0.29) is 24.0 Å². The van der Waals surface area contributed by atoms with Gasteiger partial charge in [0.05, 0.1) is 18.6 Å². The third kappa shape index (κ3) is 4.10. The molecule has 3 aliphatic rings. The molecule has 1 aromatic carbocycles. The Morgan fingerprint density at radius 1 is 1.17 bits per heavy atom. The number of nitrogens with one attached hydrogen (secondary N) is 2. The third-order valence-electron chi connectivity index (χ3n) is 7.12. The summed E-state index contributed by atoms with van der Waals surface area (Å²) in [5.41, 5.74) is 2.14.